The number of aromatic nitrogens is 2. The fourth-order valence-electron chi connectivity index (χ4n) is 2.41. The highest BCUT2D eigenvalue weighted by molar-refractivity contribution is 5.99. The van der Waals surface area contributed by atoms with Gasteiger partial charge in [0.15, 0.2) is 6.10 Å². The molecule has 0 bridgehead atoms. The molecule has 0 fully saturated rings. The topological polar surface area (TPSA) is 73.2 Å². The molecule has 6 heteroatoms. The molecule has 6 nitrogen and oxygen atoms in total. The first-order chi connectivity index (χ1) is 10.0. The van der Waals surface area contributed by atoms with Gasteiger partial charge in [0.25, 0.3) is 5.91 Å². The number of benzene rings is 1. The Morgan fingerprint density at radius 1 is 1.43 bits per heavy atom. The number of carbonyl (C=O) groups is 2. The molecule has 1 aromatic carbocycles. The van der Waals surface area contributed by atoms with E-state index in [9.17, 15) is 9.59 Å². The summed E-state index contributed by atoms with van der Waals surface area (Å²) in [6.45, 7) is 1.84. The third kappa shape index (κ3) is 2.52. The van der Waals surface area contributed by atoms with Gasteiger partial charge in [-0.15, -0.1) is 0 Å². The summed E-state index contributed by atoms with van der Waals surface area (Å²) in [5.74, 6) is -0.230. The van der Waals surface area contributed by atoms with E-state index in [-0.39, 0.29) is 5.91 Å². The highest BCUT2D eigenvalue weighted by atomic mass is 16.5. The minimum atomic E-state index is -0.817. The predicted molar refractivity (Wildman–Crippen MR) is 75.9 cm³/mol. The molecule has 108 valence electrons. The van der Waals surface area contributed by atoms with Crippen molar-refractivity contribution in [3.63, 3.8) is 0 Å². The highest BCUT2D eigenvalue weighted by Gasteiger charge is 2.31. The molecule has 1 aromatic heterocycles. The molecule has 1 aliphatic heterocycles. The van der Waals surface area contributed by atoms with Crippen LogP contribution in [0.4, 0.5) is 5.82 Å². The number of hydrogen-bond donors (Lipinski definition) is 1. The van der Waals surface area contributed by atoms with Crippen LogP contribution in [-0.2, 0) is 23.0 Å². The number of cyclic esters (lactones) is 1. The maximum atomic E-state index is 12.3. The Morgan fingerprint density at radius 3 is 2.90 bits per heavy atom. The molecule has 0 unspecified atom stereocenters. The average molecular weight is 285 g/mol. The number of fused-ring (bicyclic) bond motifs is 1. The van der Waals surface area contributed by atoms with Gasteiger partial charge >= 0.3 is 5.97 Å². The van der Waals surface area contributed by atoms with Gasteiger partial charge in [-0.2, -0.15) is 5.10 Å². The van der Waals surface area contributed by atoms with E-state index in [1.807, 2.05) is 19.1 Å². The summed E-state index contributed by atoms with van der Waals surface area (Å²) in [4.78, 5) is 24.2. The number of nitrogens with zero attached hydrogens (tertiary/aromatic N) is 2. The van der Waals surface area contributed by atoms with Gasteiger partial charge in [-0.25, -0.2) is 4.79 Å². The first-order valence-corrected chi connectivity index (χ1v) is 6.65. The van der Waals surface area contributed by atoms with Gasteiger partial charge in [0.2, 0.25) is 0 Å². The minimum absolute atomic E-state index is 0.346. The summed E-state index contributed by atoms with van der Waals surface area (Å²) in [6.07, 6.45) is -0.437. The Bertz CT molecular complexity index is 721. The summed E-state index contributed by atoms with van der Waals surface area (Å²) in [7, 11) is 1.74. The van der Waals surface area contributed by atoms with Crippen LogP contribution in [-0.4, -0.2) is 27.8 Å². The molecule has 1 aliphatic rings. The number of aryl methyl sites for hydroxylation is 2. The van der Waals surface area contributed by atoms with Gasteiger partial charge in [-0.05, 0) is 18.6 Å². The first kappa shape index (κ1) is 13.4. The van der Waals surface area contributed by atoms with E-state index in [1.165, 1.54) is 0 Å². The fourth-order valence-corrected chi connectivity index (χ4v) is 2.41. The number of nitrogens with one attached hydrogen (secondary N) is 1. The van der Waals surface area contributed by atoms with E-state index in [0.717, 1.165) is 11.3 Å². The molecule has 21 heavy (non-hydrogen) atoms. The number of ether oxygens (including phenoxy) is 1. The van der Waals surface area contributed by atoms with Crippen LogP contribution in [0, 0.1) is 6.92 Å². The lowest BCUT2D eigenvalue weighted by Gasteiger charge is -2.23. The van der Waals surface area contributed by atoms with Gasteiger partial charge in [0.1, 0.15) is 5.82 Å². The maximum Gasteiger partial charge on any atom is 0.339 e. The standard InChI is InChI=1S/C15H15N3O3/c1-9-7-13(18(2)17-9)16-14(19)12-8-10-5-3-4-6-11(10)15(20)21-12/h3-7,12H,8H2,1-2H3,(H,16,19)/t12-/m1/s1. The molecule has 1 N–H and O–H groups in total. The summed E-state index contributed by atoms with van der Waals surface area (Å²) in [5, 5.41) is 6.89. The van der Waals surface area contributed by atoms with Crippen LogP contribution >= 0.6 is 0 Å². The summed E-state index contributed by atoms with van der Waals surface area (Å²) < 4.78 is 6.79. The van der Waals surface area contributed by atoms with Crippen LogP contribution in [0.15, 0.2) is 30.3 Å². The van der Waals surface area contributed by atoms with Crippen molar-refractivity contribution in [3.05, 3.63) is 47.2 Å². The van der Waals surface area contributed by atoms with E-state index >= 15 is 0 Å². The molecule has 0 aliphatic carbocycles. The van der Waals surface area contributed by atoms with Crippen molar-refractivity contribution in [3.8, 4) is 0 Å². The fraction of sp³-hybridized carbons (Fsp3) is 0.267. The van der Waals surface area contributed by atoms with Crippen LogP contribution in [0.25, 0.3) is 0 Å². The molecule has 1 atom stereocenters. The van der Waals surface area contributed by atoms with Crippen molar-refractivity contribution in [1.29, 1.82) is 0 Å². The van der Waals surface area contributed by atoms with E-state index in [2.05, 4.69) is 10.4 Å². The van der Waals surface area contributed by atoms with E-state index in [1.54, 1.807) is 29.9 Å². The summed E-state index contributed by atoms with van der Waals surface area (Å²) in [5.41, 5.74) is 2.16. The molecule has 2 heterocycles. The van der Waals surface area contributed by atoms with E-state index in [0.29, 0.717) is 17.8 Å². The number of amides is 1. The second kappa shape index (κ2) is 5.05. The number of hydrogen-bond acceptors (Lipinski definition) is 4. The SMILES string of the molecule is Cc1cc(NC(=O)[C@H]2Cc3ccccc3C(=O)O2)n(C)n1. The third-order valence-corrected chi connectivity index (χ3v) is 3.44. The van der Waals surface area contributed by atoms with Gasteiger partial charge in [-0.3, -0.25) is 9.48 Å². The second-order valence-corrected chi connectivity index (χ2v) is 5.04. The normalized spacial score (nSPS) is 17.0. The van der Waals surface area contributed by atoms with Crippen LogP contribution in [0.3, 0.4) is 0 Å². The minimum Gasteiger partial charge on any atom is -0.448 e. The molecule has 3 rings (SSSR count). The molecular weight excluding hydrogens is 270 g/mol. The van der Waals surface area contributed by atoms with E-state index in [4.69, 9.17) is 4.74 Å². The number of anilines is 1. The largest absolute Gasteiger partial charge is 0.448 e. The smallest absolute Gasteiger partial charge is 0.339 e. The zero-order chi connectivity index (χ0) is 15.0. The van der Waals surface area contributed by atoms with Crippen molar-refractivity contribution in [2.24, 2.45) is 7.05 Å². The van der Waals surface area contributed by atoms with Gasteiger partial charge in [0, 0.05) is 19.5 Å². The van der Waals surface area contributed by atoms with Crippen LogP contribution in [0.2, 0.25) is 0 Å². The average Bonchev–Trinajstić information content (AvgIpc) is 2.77. The number of esters is 1. The lowest BCUT2D eigenvalue weighted by molar-refractivity contribution is -0.125. The lowest BCUT2D eigenvalue weighted by Crippen LogP contribution is -2.38. The van der Waals surface area contributed by atoms with Crippen molar-refractivity contribution in [1.82, 2.24) is 9.78 Å². The van der Waals surface area contributed by atoms with Crippen LogP contribution < -0.4 is 5.32 Å². The van der Waals surface area contributed by atoms with Gasteiger partial charge < -0.3 is 10.1 Å². The molecule has 0 radical (unpaired) electrons. The maximum absolute atomic E-state index is 12.3. The molecular formula is C15H15N3O3. The zero-order valence-electron chi connectivity index (χ0n) is 11.8. The second-order valence-electron chi connectivity index (χ2n) is 5.04. The van der Waals surface area contributed by atoms with Crippen molar-refractivity contribution in [2.75, 3.05) is 5.32 Å². The summed E-state index contributed by atoms with van der Waals surface area (Å²) >= 11 is 0. The monoisotopic (exact) mass is 285 g/mol. The quantitative estimate of drug-likeness (QED) is 0.848. The molecule has 0 saturated heterocycles. The van der Waals surface area contributed by atoms with Crippen molar-refractivity contribution >= 4 is 17.7 Å². The van der Waals surface area contributed by atoms with Crippen LogP contribution in [0.1, 0.15) is 21.6 Å². The number of carbonyl (C=O) groups excluding carboxylic acids is 2. The molecule has 0 spiro atoms. The van der Waals surface area contributed by atoms with Crippen molar-refractivity contribution in [2.45, 2.75) is 19.4 Å². The van der Waals surface area contributed by atoms with Gasteiger partial charge in [0.05, 0.1) is 11.3 Å². The first-order valence-electron chi connectivity index (χ1n) is 6.65. The Hall–Kier alpha value is -2.63. The Kier molecular flexibility index (Phi) is 3.21. The van der Waals surface area contributed by atoms with Crippen LogP contribution in [0.5, 0.6) is 0 Å². The molecule has 0 saturated carbocycles. The number of rotatable bonds is 2. The molecule has 1 amide bonds. The Labute approximate surface area is 121 Å². The third-order valence-electron chi connectivity index (χ3n) is 3.44. The summed E-state index contributed by atoms with van der Waals surface area (Å²) in [6, 6.07) is 8.92. The highest BCUT2D eigenvalue weighted by Crippen LogP contribution is 2.21. The zero-order valence-corrected chi connectivity index (χ0v) is 11.8. The van der Waals surface area contributed by atoms with Gasteiger partial charge in [-0.1, -0.05) is 18.2 Å². The Morgan fingerprint density at radius 2 is 2.19 bits per heavy atom. The Balaban J connectivity index is 1.78. The van der Waals surface area contributed by atoms with Crippen molar-refractivity contribution < 1.29 is 14.3 Å². The lowest BCUT2D eigenvalue weighted by atomic mass is 9.98. The molecule has 2 aromatic rings. The van der Waals surface area contributed by atoms with E-state index < -0.39 is 12.1 Å². The predicted octanol–water partition coefficient (Wildman–Crippen LogP) is 1.45.